The van der Waals surface area contributed by atoms with Crippen LogP contribution in [0.3, 0.4) is 0 Å². The first-order valence-corrected chi connectivity index (χ1v) is 11.9. The summed E-state index contributed by atoms with van der Waals surface area (Å²) in [7, 11) is -6.83. The Labute approximate surface area is 163 Å². The molecule has 0 spiro atoms. The van der Waals surface area contributed by atoms with E-state index in [1.807, 2.05) is 0 Å². The van der Waals surface area contributed by atoms with E-state index >= 15 is 0 Å². The molecular weight excluding hydrogens is 412 g/mol. The van der Waals surface area contributed by atoms with E-state index in [-0.39, 0.29) is 21.2 Å². The van der Waals surface area contributed by atoms with Crippen LogP contribution in [0.25, 0.3) is 0 Å². The van der Waals surface area contributed by atoms with Gasteiger partial charge < -0.3 is 5.32 Å². The van der Waals surface area contributed by atoms with E-state index in [0.717, 1.165) is 18.1 Å². The standard InChI is InChI=1S/C17H19ClN2O5S2/c1-11(12-4-7-14(8-5-12)26(2,22)23)19-17(21)13-6-9-15(18)16(10-13)20-27(3,24)25/h4-11,20H,1-3H3,(H,19,21). The maximum absolute atomic E-state index is 12.5. The number of carbonyl (C=O) groups is 1. The fourth-order valence-corrected chi connectivity index (χ4v) is 3.73. The fraction of sp³-hybridized carbons (Fsp3) is 0.235. The summed E-state index contributed by atoms with van der Waals surface area (Å²) in [6.07, 6.45) is 2.11. The third-order valence-corrected chi connectivity index (χ3v) is 5.73. The smallest absolute Gasteiger partial charge is 0.251 e. The van der Waals surface area contributed by atoms with Crippen molar-refractivity contribution in [3.8, 4) is 0 Å². The molecule has 0 aliphatic carbocycles. The van der Waals surface area contributed by atoms with E-state index in [2.05, 4.69) is 10.0 Å². The molecule has 7 nitrogen and oxygen atoms in total. The third-order valence-electron chi connectivity index (χ3n) is 3.68. The maximum Gasteiger partial charge on any atom is 0.251 e. The molecule has 27 heavy (non-hydrogen) atoms. The number of nitrogens with one attached hydrogen (secondary N) is 2. The summed E-state index contributed by atoms with van der Waals surface area (Å²) >= 11 is 5.95. The summed E-state index contributed by atoms with van der Waals surface area (Å²) < 4.78 is 48.0. The van der Waals surface area contributed by atoms with Crippen LogP contribution in [0.2, 0.25) is 5.02 Å². The van der Waals surface area contributed by atoms with Crippen molar-refractivity contribution in [1.29, 1.82) is 0 Å². The van der Waals surface area contributed by atoms with Crippen LogP contribution in [0, 0.1) is 0 Å². The summed E-state index contributed by atoms with van der Waals surface area (Å²) in [5.74, 6) is -0.428. The second-order valence-electron chi connectivity index (χ2n) is 6.11. The Hall–Kier alpha value is -2.10. The Bertz CT molecular complexity index is 1070. The van der Waals surface area contributed by atoms with Crippen molar-refractivity contribution < 1.29 is 21.6 Å². The van der Waals surface area contributed by atoms with Gasteiger partial charge in [0.1, 0.15) is 0 Å². The van der Waals surface area contributed by atoms with Crippen LogP contribution in [0.4, 0.5) is 5.69 Å². The number of benzene rings is 2. The molecule has 0 radical (unpaired) electrons. The van der Waals surface area contributed by atoms with Gasteiger partial charge in [0, 0.05) is 11.8 Å². The molecule has 0 saturated heterocycles. The molecule has 10 heteroatoms. The van der Waals surface area contributed by atoms with Crippen LogP contribution in [-0.4, -0.2) is 35.3 Å². The van der Waals surface area contributed by atoms with Crippen molar-refractivity contribution >= 4 is 43.1 Å². The van der Waals surface area contributed by atoms with Gasteiger partial charge in [0.15, 0.2) is 9.84 Å². The summed E-state index contributed by atoms with van der Waals surface area (Å²) in [6, 6.07) is 10.1. The van der Waals surface area contributed by atoms with E-state index in [1.165, 1.54) is 30.3 Å². The molecule has 2 rings (SSSR count). The van der Waals surface area contributed by atoms with E-state index in [1.54, 1.807) is 19.1 Å². The zero-order chi connectivity index (χ0) is 20.4. The molecule has 2 aromatic rings. The summed E-state index contributed by atoms with van der Waals surface area (Å²) in [4.78, 5) is 12.6. The lowest BCUT2D eigenvalue weighted by Crippen LogP contribution is -2.26. The molecule has 1 atom stereocenters. The fourth-order valence-electron chi connectivity index (χ4n) is 2.31. The van der Waals surface area contributed by atoms with Crippen molar-refractivity contribution in [1.82, 2.24) is 5.32 Å². The number of amides is 1. The van der Waals surface area contributed by atoms with Crippen LogP contribution in [0.5, 0.6) is 0 Å². The number of sulfone groups is 1. The minimum Gasteiger partial charge on any atom is -0.346 e. The van der Waals surface area contributed by atoms with Crippen molar-refractivity contribution in [2.75, 3.05) is 17.2 Å². The Morgan fingerprint density at radius 1 is 1.00 bits per heavy atom. The van der Waals surface area contributed by atoms with E-state index < -0.39 is 31.8 Å². The number of halogens is 1. The number of anilines is 1. The van der Waals surface area contributed by atoms with E-state index in [0.29, 0.717) is 0 Å². The minimum atomic E-state index is -3.54. The Morgan fingerprint density at radius 2 is 1.59 bits per heavy atom. The summed E-state index contributed by atoms with van der Waals surface area (Å²) in [5, 5.41) is 2.94. The highest BCUT2D eigenvalue weighted by Crippen LogP contribution is 2.24. The molecule has 0 aliphatic heterocycles. The normalized spacial score (nSPS) is 13.0. The molecule has 2 N–H and O–H groups in total. The van der Waals surface area contributed by atoms with Gasteiger partial charge in [-0.25, -0.2) is 16.8 Å². The van der Waals surface area contributed by atoms with E-state index in [4.69, 9.17) is 11.6 Å². The molecule has 0 saturated carbocycles. The van der Waals surface area contributed by atoms with Crippen LogP contribution in [0.1, 0.15) is 28.9 Å². The van der Waals surface area contributed by atoms with E-state index in [9.17, 15) is 21.6 Å². The second-order valence-corrected chi connectivity index (χ2v) is 10.3. The maximum atomic E-state index is 12.5. The topological polar surface area (TPSA) is 109 Å². The van der Waals surface area contributed by atoms with Crippen molar-refractivity contribution in [2.24, 2.45) is 0 Å². The zero-order valence-electron chi connectivity index (χ0n) is 14.9. The number of carbonyl (C=O) groups excluding carboxylic acids is 1. The first kappa shape index (κ1) is 21.2. The summed E-state index contributed by atoms with van der Waals surface area (Å²) in [6.45, 7) is 1.75. The Balaban J connectivity index is 2.18. The molecule has 146 valence electrons. The monoisotopic (exact) mass is 430 g/mol. The van der Waals surface area contributed by atoms with Crippen LogP contribution in [-0.2, 0) is 19.9 Å². The minimum absolute atomic E-state index is 0.108. The van der Waals surface area contributed by atoms with Gasteiger partial charge >= 0.3 is 0 Å². The molecule has 0 heterocycles. The van der Waals surface area contributed by atoms with Gasteiger partial charge in [-0.15, -0.1) is 0 Å². The zero-order valence-corrected chi connectivity index (χ0v) is 17.2. The number of rotatable bonds is 6. The molecule has 0 bridgehead atoms. The first-order chi connectivity index (χ1) is 12.4. The van der Waals surface area contributed by atoms with Crippen molar-refractivity contribution in [2.45, 2.75) is 17.9 Å². The van der Waals surface area contributed by atoms with Crippen LogP contribution >= 0.6 is 11.6 Å². The number of hydrogen-bond acceptors (Lipinski definition) is 5. The van der Waals surface area contributed by atoms with Gasteiger partial charge in [-0.2, -0.15) is 0 Å². The highest BCUT2D eigenvalue weighted by Gasteiger charge is 2.15. The molecule has 2 aromatic carbocycles. The van der Waals surface area contributed by atoms with Crippen molar-refractivity contribution in [3.05, 3.63) is 58.6 Å². The van der Waals surface area contributed by atoms with Gasteiger partial charge in [0.25, 0.3) is 5.91 Å². The number of hydrogen-bond donors (Lipinski definition) is 2. The van der Waals surface area contributed by atoms with Gasteiger partial charge in [-0.1, -0.05) is 23.7 Å². The largest absolute Gasteiger partial charge is 0.346 e. The predicted octanol–water partition coefficient (Wildman–Crippen LogP) is 2.61. The lowest BCUT2D eigenvalue weighted by atomic mass is 10.1. The highest BCUT2D eigenvalue weighted by molar-refractivity contribution is 7.92. The average molecular weight is 431 g/mol. The summed E-state index contributed by atoms with van der Waals surface area (Å²) in [5.41, 5.74) is 1.06. The molecule has 0 aromatic heterocycles. The molecular formula is C17H19ClN2O5S2. The average Bonchev–Trinajstić information content (AvgIpc) is 2.54. The third kappa shape index (κ3) is 5.95. The lowest BCUT2D eigenvalue weighted by Gasteiger charge is -2.15. The predicted molar refractivity (Wildman–Crippen MR) is 105 cm³/mol. The Morgan fingerprint density at radius 3 is 2.11 bits per heavy atom. The second kappa shape index (κ2) is 7.87. The Kier molecular flexibility index (Phi) is 6.18. The molecule has 0 aliphatic rings. The van der Waals surface area contributed by atoms with Gasteiger partial charge in [-0.3, -0.25) is 9.52 Å². The van der Waals surface area contributed by atoms with Crippen LogP contribution in [0.15, 0.2) is 47.4 Å². The first-order valence-electron chi connectivity index (χ1n) is 7.75. The highest BCUT2D eigenvalue weighted by atomic mass is 35.5. The quantitative estimate of drug-likeness (QED) is 0.732. The number of sulfonamides is 1. The lowest BCUT2D eigenvalue weighted by molar-refractivity contribution is 0.0940. The van der Waals surface area contributed by atoms with Gasteiger partial charge in [0.2, 0.25) is 10.0 Å². The van der Waals surface area contributed by atoms with Crippen LogP contribution < -0.4 is 10.0 Å². The van der Waals surface area contributed by atoms with Crippen molar-refractivity contribution in [3.63, 3.8) is 0 Å². The SMILES string of the molecule is CC(NC(=O)c1ccc(Cl)c(NS(C)(=O)=O)c1)c1ccc(S(C)(=O)=O)cc1. The molecule has 0 fully saturated rings. The molecule has 1 unspecified atom stereocenters. The van der Waals surface area contributed by atoms with Gasteiger partial charge in [0.05, 0.1) is 27.9 Å². The van der Waals surface area contributed by atoms with Gasteiger partial charge in [-0.05, 0) is 42.8 Å². The molecule has 1 amide bonds.